The van der Waals surface area contributed by atoms with Gasteiger partial charge in [-0.25, -0.2) is 0 Å². The van der Waals surface area contributed by atoms with E-state index in [4.69, 9.17) is 18.3 Å². The molecule has 31 heavy (non-hydrogen) atoms. The fourth-order valence-corrected chi connectivity index (χ4v) is 4.45. The second-order valence-corrected chi connectivity index (χ2v) is 22.1. The molecule has 0 unspecified atom stereocenters. The van der Waals surface area contributed by atoms with Crippen LogP contribution in [0.15, 0.2) is 12.7 Å². The molecule has 0 bridgehead atoms. The standard InChI is InChI=1S/C24H50O5Si2/c1-15-16-26-19(18-28-30(11,12)23(5,6)7)20(17-27-21(25)22(2,3)4)29-31(13,14)24(8,9)10/h15,19-20H,1,16-18H2,2-14H3/t19-,20+/m1/s1. The van der Waals surface area contributed by atoms with Crippen molar-refractivity contribution in [2.24, 2.45) is 5.41 Å². The van der Waals surface area contributed by atoms with Gasteiger partial charge in [0.2, 0.25) is 0 Å². The Kier molecular flexibility index (Phi) is 10.9. The lowest BCUT2D eigenvalue weighted by Gasteiger charge is -2.42. The van der Waals surface area contributed by atoms with Gasteiger partial charge in [0.1, 0.15) is 18.8 Å². The highest BCUT2D eigenvalue weighted by molar-refractivity contribution is 6.74. The Morgan fingerprint density at radius 1 is 0.839 bits per heavy atom. The molecule has 7 heteroatoms. The topological polar surface area (TPSA) is 54.0 Å². The van der Waals surface area contributed by atoms with E-state index in [9.17, 15) is 4.79 Å². The van der Waals surface area contributed by atoms with E-state index < -0.39 is 28.2 Å². The highest BCUT2D eigenvalue weighted by atomic mass is 28.4. The minimum absolute atomic E-state index is 0.0164. The van der Waals surface area contributed by atoms with E-state index in [0.29, 0.717) is 13.2 Å². The highest BCUT2D eigenvalue weighted by Crippen LogP contribution is 2.39. The maximum Gasteiger partial charge on any atom is 0.311 e. The maximum absolute atomic E-state index is 12.5. The number of carbonyl (C=O) groups is 1. The summed E-state index contributed by atoms with van der Waals surface area (Å²) in [4.78, 5) is 12.5. The largest absolute Gasteiger partial charge is 0.462 e. The van der Waals surface area contributed by atoms with Crippen LogP contribution in [0.2, 0.25) is 36.3 Å². The van der Waals surface area contributed by atoms with Crippen LogP contribution in [0.5, 0.6) is 0 Å². The minimum Gasteiger partial charge on any atom is -0.462 e. The lowest BCUT2D eigenvalue weighted by Crippen LogP contribution is -2.52. The van der Waals surface area contributed by atoms with Gasteiger partial charge in [0.25, 0.3) is 0 Å². The van der Waals surface area contributed by atoms with Crippen molar-refractivity contribution < 1.29 is 23.1 Å². The molecule has 0 heterocycles. The Balaban J connectivity index is 5.80. The lowest BCUT2D eigenvalue weighted by atomic mass is 9.97. The molecule has 0 aromatic heterocycles. The molecule has 0 rings (SSSR count). The lowest BCUT2D eigenvalue weighted by molar-refractivity contribution is -0.159. The van der Waals surface area contributed by atoms with Crippen molar-refractivity contribution in [2.45, 2.75) is 111 Å². The summed E-state index contributed by atoms with van der Waals surface area (Å²) in [5.74, 6) is -0.246. The number of rotatable bonds is 11. The molecule has 5 nitrogen and oxygen atoms in total. The van der Waals surface area contributed by atoms with Crippen molar-refractivity contribution in [2.75, 3.05) is 19.8 Å². The molecule has 0 spiro atoms. The van der Waals surface area contributed by atoms with Gasteiger partial charge in [-0.2, -0.15) is 0 Å². The third-order valence-corrected chi connectivity index (χ3v) is 15.5. The molecular formula is C24H50O5Si2. The van der Waals surface area contributed by atoms with Gasteiger partial charge in [-0.1, -0.05) is 47.6 Å². The van der Waals surface area contributed by atoms with Crippen LogP contribution in [-0.4, -0.2) is 54.6 Å². The van der Waals surface area contributed by atoms with Crippen LogP contribution in [0.3, 0.4) is 0 Å². The monoisotopic (exact) mass is 474 g/mol. The van der Waals surface area contributed by atoms with Gasteiger partial charge in [-0.3, -0.25) is 4.79 Å². The summed E-state index contributed by atoms with van der Waals surface area (Å²) < 4.78 is 25.0. The molecule has 0 saturated carbocycles. The van der Waals surface area contributed by atoms with Crippen LogP contribution in [-0.2, 0) is 23.1 Å². The fraction of sp³-hybridized carbons (Fsp3) is 0.875. The van der Waals surface area contributed by atoms with E-state index in [-0.39, 0.29) is 28.8 Å². The van der Waals surface area contributed by atoms with E-state index in [1.807, 2.05) is 20.8 Å². The smallest absolute Gasteiger partial charge is 0.311 e. The van der Waals surface area contributed by atoms with Gasteiger partial charge < -0.3 is 18.3 Å². The molecule has 0 saturated heterocycles. The number of hydrogen-bond donors (Lipinski definition) is 0. The van der Waals surface area contributed by atoms with Crippen molar-refractivity contribution >= 4 is 22.6 Å². The number of ether oxygens (including phenoxy) is 2. The van der Waals surface area contributed by atoms with Gasteiger partial charge in [0.05, 0.1) is 18.6 Å². The Labute approximate surface area is 194 Å². The Morgan fingerprint density at radius 2 is 1.32 bits per heavy atom. The zero-order valence-corrected chi connectivity index (χ0v) is 24.6. The predicted octanol–water partition coefficient (Wildman–Crippen LogP) is 6.56. The molecule has 184 valence electrons. The zero-order valence-electron chi connectivity index (χ0n) is 22.6. The van der Waals surface area contributed by atoms with Gasteiger partial charge in [0.15, 0.2) is 16.6 Å². The number of esters is 1. The molecule has 0 aliphatic heterocycles. The summed E-state index contributed by atoms with van der Waals surface area (Å²) in [6, 6.07) is 0. The van der Waals surface area contributed by atoms with Crippen molar-refractivity contribution in [1.29, 1.82) is 0 Å². The van der Waals surface area contributed by atoms with E-state index in [2.05, 4.69) is 74.3 Å². The third kappa shape index (κ3) is 9.90. The molecular weight excluding hydrogens is 424 g/mol. The second kappa shape index (κ2) is 11.1. The summed E-state index contributed by atoms with van der Waals surface area (Å²) in [6.45, 7) is 32.4. The first-order valence-electron chi connectivity index (χ1n) is 11.4. The van der Waals surface area contributed by atoms with E-state index >= 15 is 0 Å². The van der Waals surface area contributed by atoms with Crippen LogP contribution < -0.4 is 0 Å². The molecule has 0 aliphatic carbocycles. The van der Waals surface area contributed by atoms with E-state index in [1.54, 1.807) is 6.08 Å². The molecule has 0 radical (unpaired) electrons. The second-order valence-electron chi connectivity index (χ2n) is 12.5. The van der Waals surface area contributed by atoms with Gasteiger partial charge >= 0.3 is 5.97 Å². The summed E-state index contributed by atoms with van der Waals surface area (Å²) in [5, 5.41) is 0.104. The van der Waals surface area contributed by atoms with Crippen molar-refractivity contribution in [1.82, 2.24) is 0 Å². The summed E-state index contributed by atoms with van der Waals surface area (Å²) in [7, 11) is -4.12. The average Bonchev–Trinajstić information content (AvgIpc) is 2.55. The summed E-state index contributed by atoms with van der Waals surface area (Å²) in [5.41, 5.74) is -0.573. The summed E-state index contributed by atoms with van der Waals surface area (Å²) >= 11 is 0. The van der Waals surface area contributed by atoms with Crippen molar-refractivity contribution in [3.05, 3.63) is 12.7 Å². The van der Waals surface area contributed by atoms with Crippen LogP contribution in [0, 0.1) is 5.41 Å². The molecule has 0 N–H and O–H groups in total. The first kappa shape index (κ1) is 30.5. The highest BCUT2D eigenvalue weighted by Gasteiger charge is 2.43. The molecule has 0 aliphatic rings. The summed E-state index contributed by atoms with van der Waals surface area (Å²) in [6.07, 6.45) is 0.968. The van der Waals surface area contributed by atoms with Crippen LogP contribution in [0.4, 0.5) is 0 Å². The average molecular weight is 475 g/mol. The fourth-order valence-electron chi connectivity index (χ4n) is 2.11. The minimum atomic E-state index is -2.14. The first-order valence-corrected chi connectivity index (χ1v) is 17.2. The van der Waals surface area contributed by atoms with Crippen molar-refractivity contribution in [3.8, 4) is 0 Å². The molecule has 0 fully saturated rings. The Hall–Kier alpha value is -0.476. The zero-order chi connectivity index (χ0) is 24.9. The molecule has 0 amide bonds. The van der Waals surface area contributed by atoms with E-state index in [0.717, 1.165) is 0 Å². The van der Waals surface area contributed by atoms with Crippen LogP contribution >= 0.6 is 0 Å². The molecule has 0 aromatic rings. The van der Waals surface area contributed by atoms with Gasteiger partial charge in [0, 0.05) is 0 Å². The Morgan fingerprint density at radius 3 is 1.71 bits per heavy atom. The van der Waals surface area contributed by atoms with Gasteiger partial charge in [-0.15, -0.1) is 6.58 Å². The van der Waals surface area contributed by atoms with Crippen molar-refractivity contribution in [3.63, 3.8) is 0 Å². The first-order chi connectivity index (χ1) is 13.7. The quantitative estimate of drug-likeness (QED) is 0.193. The third-order valence-electron chi connectivity index (χ3n) is 6.50. The predicted molar refractivity (Wildman–Crippen MR) is 136 cm³/mol. The number of hydrogen-bond acceptors (Lipinski definition) is 5. The van der Waals surface area contributed by atoms with Crippen LogP contribution in [0.1, 0.15) is 62.3 Å². The molecule has 2 atom stereocenters. The SMILES string of the molecule is C=CCO[C@H](CO[Si](C)(C)C(C)(C)C)[C@H](COC(=O)C(C)(C)C)O[Si](C)(C)C(C)(C)C. The maximum atomic E-state index is 12.5. The van der Waals surface area contributed by atoms with Gasteiger partial charge in [-0.05, 0) is 57.0 Å². The van der Waals surface area contributed by atoms with Crippen LogP contribution in [0.25, 0.3) is 0 Å². The Bertz CT molecular complexity index is 580. The molecule has 0 aromatic carbocycles. The normalized spacial score (nSPS) is 16.0. The van der Waals surface area contributed by atoms with E-state index in [1.165, 1.54) is 0 Å². The number of carbonyl (C=O) groups excluding carboxylic acids is 1.